The van der Waals surface area contributed by atoms with Crippen LogP contribution < -0.4 is 10.2 Å². The monoisotopic (exact) mass is 568 g/mol. The highest BCUT2D eigenvalue weighted by Crippen LogP contribution is 2.38. The van der Waals surface area contributed by atoms with Crippen LogP contribution in [0.5, 0.6) is 0 Å². The predicted octanol–water partition coefficient (Wildman–Crippen LogP) is 3.16. The summed E-state index contributed by atoms with van der Waals surface area (Å²) in [5.41, 5.74) is -2.80. The molecule has 2 aromatic carbocycles. The molecule has 1 heterocycles. The van der Waals surface area contributed by atoms with Crippen LogP contribution in [0.1, 0.15) is 20.8 Å². The maximum atomic E-state index is 13.9. The van der Waals surface area contributed by atoms with Gasteiger partial charge >= 0.3 is 17.9 Å². The minimum absolute atomic E-state index is 0.0519. The number of hydrogen-bond acceptors (Lipinski definition) is 12. The minimum atomic E-state index is -1.21. The van der Waals surface area contributed by atoms with E-state index in [0.29, 0.717) is 0 Å². The Hall–Kier alpha value is -5.60. The number of carbonyl (C=O) groups excluding carboxylic acids is 4. The third-order valence-electron chi connectivity index (χ3n) is 5.47. The fourth-order valence-electron chi connectivity index (χ4n) is 3.77. The van der Waals surface area contributed by atoms with Crippen molar-refractivity contribution >= 4 is 46.6 Å². The number of nitro benzene ring substituents is 2. The molecule has 1 aliphatic rings. The highest BCUT2D eigenvalue weighted by Gasteiger charge is 2.46. The van der Waals surface area contributed by atoms with E-state index in [1.165, 1.54) is 45.0 Å². The third-order valence-corrected chi connectivity index (χ3v) is 5.47. The topological polar surface area (TPSA) is 198 Å². The second-order valence-corrected chi connectivity index (χ2v) is 7.98. The summed E-state index contributed by atoms with van der Waals surface area (Å²) in [5.74, 6) is -4.48. The molecule has 2 aromatic rings. The van der Waals surface area contributed by atoms with E-state index < -0.39 is 56.2 Å². The molecule has 0 radical (unpaired) electrons. The van der Waals surface area contributed by atoms with E-state index in [1.807, 2.05) is 0 Å². The number of nitrogens with one attached hydrogen (secondary N) is 1. The van der Waals surface area contributed by atoms with E-state index >= 15 is 0 Å². The standard InChI is InChI=1S/C26H24N4O11/c1-4-39-24(32)19-21(27-15-7-9-17(10-8-15)29(35)36)23(31)28(16-11-13-18(14-12-16)30(37)38)22(19)20(25(33)40-5-2)26(34)41-6-3/h7-14,27H,4-6H2,1-3H3. The number of anilines is 2. The summed E-state index contributed by atoms with van der Waals surface area (Å²) in [6.45, 7) is 3.94. The number of hydrogen-bond donors (Lipinski definition) is 1. The van der Waals surface area contributed by atoms with Crippen LogP contribution in [0.25, 0.3) is 0 Å². The zero-order valence-electron chi connectivity index (χ0n) is 22.1. The van der Waals surface area contributed by atoms with E-state index in [4.69, 9.17) is 14.2 Å². The van der Waals surface area contributed by atoms with Crippen LogP contribution in [0.4, 0.5) is 22.7 Å². The summed E-state index contributed by atoms with van der Waals surface area (Å²) < 4.78 is 15.2. The Balaban J connectivity index is 2.36. The van der Waals surface area contributed by atoms with Crippen molar-refractivity contribution in [3.05, 3.63) is 91.3 Å². The second-order valence-electron chi connectivity index (χ2n) is 7.98. The van der Waals surface area contributed by atoms with Gasteiger partial charge < -0.3 is 19.5 Å². The Bertz CT molecular complexity index is 1440. The van der Waals surface area contributed by atoms with Gasteiger partial charge in [0.05, 0.1) is 35.4 Å². The predicted molar refractivity (Wildman–Crippen MR) is 141 cm³/mol. The van der Waals surface area contributed by atoms with Gasteiger partial charge in [0.1, 0.15) is 11.3 Å². The molecule has 3 rings (SSSR count). The van der Waals surface area contributed by atoms with Gasteiger partial charge in [-0.1, -0.05) is 0 Å². The lowest BCUT2D eigenvalue weighted by Crippen LogP contribution is -2.32. The molecule has 15 heteroatoms. The van der Waals surface area contributed by atoms with Gasteiger partial charge in [0, 0.05) is 35.6 Å². The normalized spacial score (nSPS) is 12.6. The first-order chi connectivity index (χ1) is 19.5. The number of non-ortho nitro benzene ring substituents is 2. The molecule has 0 atom stereocenters. The molecule has 0 aromatic heterocycles. The molecule has 214 valence electrons. The van der Waals surface area contributed by atoms with Gasteiger partial charge in [-0.15, -0.1) is 0 Å². The van der Waals surface area contributed by atoms with Gasteiger partial charge in [-0.25, -0.2) is 14.4 Å². The van der Waals surface area contributed by atoms with Crippen molar-refractivity contribution in [2.75, 3.05) is 30.0 Å². The first kappa shape index (κ1) is 29.9. The summed E-state index contributed by atoms with van der Waals surface area (Å²) in [6, 6.07) is 9.39. The van der Waals surface area contributed by atoms with Crippen molar-refractivity contribution < 1.29 is 43.2 Å². The smallest absolute Gasteiger partial charge is 0.347 e. The first-order valence-electron chi connectivity index (χ1n) is 12.2. The van der Waals surface area contributed by atoms with Crippen molar-refractivity contribution in [3.8, 4) is 0 Å². The van der Waals surface area contributed by atoms with E-state index in [2.05, 4.69) is 5.32 Å². The fraction of sp³-hybridized carbons (Fsp3) is 0.231. The fourth-order valence-corrected chi connectivity index (χ4v) is 3.77. The van der Waals surface area contributed by atoms with E-state index in [0.717, 1.165) is 29.2 Å². The minimum Gasteiger partial charge on any atom is -0.462 e. The first-order valence-corrected chi connectivity index (χ1v) is 12.2. The largest absolute Gasteiger partial charge is 0.462 e. The molecule has 0 spiro atoms. The molecule has 0 bridgehead atoms. The van der Waals surface area contributed by atoms with Gasteiger partial charge in [-0.3, -0.25) is 29.9 Å². The Morgan fingerprint density at radius 3 is 1.68 bits per heavy atom. The molecule has 0 unspecified atom stereocenters. The number of esters is 3. The lowest BCUT2D eigenvalue weighted by molar-refractivity contribution is -0.385. The molecule has 41 heavy (non-hydrogen) atoms. The van der Waals surface area contributed by atoms with E-state index in [-0.39, 0.29) is 42.6 Å². The highest BCUT2D eigenvalue weighted by atomic mass is 16.6. The summed E-state index contributed by atoms with van der Waals surface area (Å²) in [6.07, 6.45) is 0. The van der Waals surface area contributed by atoms with Crippen LogP contribution >= 0.6 is 0 Å². The molecule has 0 aliphatic carbocycles. The van der Waals surface area contributed by atoms with Crippen LogP contribution in [0.3, 0.4) is 0 Å². The SMILES string of the molecule is CCOC(=O)C1=C(Nc2ccc([N+](=O)[O-])cc2)C(=O)N(c2ccc([N+](=O)[O-])cc2)C1=C(C(=O)OCC)C(=O)OCC. The van der Waals surface area contributed by atoms with Gasteiger partial charge in [0.2, 0.25) is 0 Å². The molecular formula is C26H24N4O11. The van der Waals surface area contributed by atoms with Crippen LogP contribution in [-0.4, -0.2) is 53.5 Å². The Labute approximate surface area is 232 Å². The maximum absolute atomic E-state index is 13.9. The molecule has 0 fully saturated rings. The third kappa shape index (κ3) is 6.35. The highest BCUT2D eigenvalue weighted by molar-refractivity contribution is 6.26. The molecule has 15 nitrogen and oxygen atoms in total. The van der Waals surface area contributed by atoms with Crippen molar-refractivity contribution in [3.63, 3.8) is 0 Å². The van der Waals surface area contributed by atoms with E-state index in [1.54, 1.807) is 0 Å². The van der Waals surface area contributed by atoms with Crippen molar-refractivity contribution in [2.45, 2.75) is 20.8 Å². The van der Waals surface area contributed by atoms with Crippen LogP contribution in [0, 0.1) is 20.2 Å². The van der Waals surface area contributed by atoms with Crippen molar-refractivity contribution in [2.24, 2.45) is 0 Å². The molecule has 1 N–H and O–H groups in total. The van der Waals surface area contributed by atoms with Crippen LogP contribution in [0.2, 0.25) is 0 Å². The van der Waals surface area contributed by atoms with Gasteiger partial charge in [0.25, 0.3) is 17.3 Å². The number of carbonyl (C=O) groups is 4. The average molecular weight is 568 g/mol. The van der Waals surface area contributed by atoms with Crippen molar-refractivity contribution in [1.29, 1.82) is 0 Å². The number of rotatable bonds is 11. The maximum Gasteiger partial charge on any atom is 0.347 e. The van der Waals surface area contributed by atoms with Crippen LogP contribution in [-0.2, 0) is 33.4 Å². The average Bonchev–Trinajstić information content (AvgIpc) is 3.20. The second kappa shape index (κ2) is 13.0. The quantitative estimate of drug-likeness (QED) is 0.0791. The molecule has 0 saturated carbocycles. The molecule has 0 saturated heterocycles. The Morgan fingerprint density at radius 1 is 0.780 bits per heavy atom. The molecular weight excluding hydrogens is 544 g/mol. The van der Waals surface area contributed by atoms with Crippen LogP contribution in [0.15, 0.2) is 71.1 Å². The summed E-state index contributed by atoms with van der Waals surface area (Å²) in [4.78, 5) is 75.2. The number of amides is 1. The van der Waals surface area contributed by atoms with Crippen molar-refractivity contribution in [1.82, 2.24) is 0 Å². The van der Waals surface area contributed by atoms with Gasteiger partial charge in [-0.2, -0.15) is 0 Å². The summed E-state index contributed by atoms with van der Waals surface area (Å²) >= 11 is 0. The molecule has 1 amide bonds. The lowest BCUT2D eigenvalue weighted by Gasteiger charge is -2.22. The number of benzene rings is 2. The van der Waals surface area contributed by atoms with E-state index in [9.17, 15) is 39.4 Å². The zero-order chi connectivity index (χ0) is 30.3. The Kier molecular flexibility index (Phi) is 9.47. The number of ether oxygens (including phenoxy) is 3. The molecule has 1 aliphatic heterocycles. The van der Waals surface area contributed by atoms with Gasteiger partial charge in [-0.05, 0) is 45.0 Å². The lowest BCUT2D eigenvalue weighted by atomic mass is 10.1. The zero-order valence-corrected chi connectivity index (χ0v) is 22.1. The summed E-state index contributed by atoms with van der Waals surface area (Å²) in [7, 11) is 0. The summed E-state index contributed by atoms with van der Waals surface area (Å²) in [5, 5.41) is 25.0. The number of nitro groups is 2. The van der Waals surface area contributed by atoms with Gasteiger partial charge in [0.15, 0.2) is 5.57 Å². The number of nitrogens with zero attached hydrogens (tertiary/aromatic N) is 3. The Morgan fingerprint density at radius 2 is 1.24 bits per heavy atom.